The number of rotatable bonds is 8. The molecule has 0 heterocycles. The zero-order chi connectivity index (χ0) is 17.6. The summed E-state index contributed by atoms with van der Waals surface area (Å²) in [6.45, 7) is 1.65. The molecule has 0 radical (unpaired) electrons. The molecular formula is C16H23F3O4. The smallest absolute Gasteiger partial charge is 0.389 e. The molecule has 23 heavy (non-hydrogen) atoms. The lowest BCUT2D eigenvalue weighted by Gasteiger charge is -2.17. The van der Waals surface area contributed by atoms with Crippen molar-refractivity contribution in [2.45, 2.75) is 51.6 Å². The Labute approximate surface area is 133 Å². The maximum absolute atomic E-state index is 12.0. The molecule has 0 saturated carbocycles. The second-order valence-electron chi connectivity index (χ2n) is 5.40. The highest BCUT2D eigenvalue weighted by Crippen LogP contribution is 2.48. The van der Waals surface area contributed by atoms with Crippen LogP contribution in [0.4, 0.5) is 13.2 Å². The summed E-state index contributed by atoms with van der Waals surface area (Å²) in [4.78, 5) is 0. The van der Waals surface area contributed by atoms with Crippen molar-refractivity contribution in [1.82, 2.24) is 0 Å². The van der Waals surface area contributed by atoms with E-state index in [9.17, 15) is 23.4 Å². The third kappa shape index (κ3) is 5.11. The molecule has 0 unspecified atom stereocenters. The van der Waals surface area contributed by atoms with E-state index in [1.54, 1.807) is 6.92 Å². The lowest BCUT2D eigenvalue weighted by atomic mass is 9.98. The summed E-state index contributed by atoms with van der Waals surface area (Å²) in [5.41, 5.74) is 1.01. The number of alkyl halides is 3. The predicted octanol–water partition coefficient (Wildman–Crippen LogP) is 4.48. The van der Waals surface area contributed by atoms with Crippen LogP contribution in [0.15, 0.2) is 0 Å². The van der Waals surface area contributed by atoms with E-state index in [-0.39, 0.29) is 29.4 Å². The van der Waals surface area contributed by atoms with Crippen molar-refractivity contribution in [3.8, 4) is 23.0 Å². The zero-order valence-corrected chi connectivity index (χ0v) is 13.6. The van der Waals surface area contributed by atoms with E-state index in [4.69, 9.17) is 9.47 Å². The molecule has 0 bridgehead atoms. The quantitative estimate of drug-likeness (QED) is 0.543. The molecular weight excluding hydrogens is 313 g/mol. The highest BCUT2D eigenvalue weighted by atomic mass is 19.4. The van der Waals surface area contributed by atoms with Gasteiger partial charge in [-0.05, 0) is 26.2 Å². The van der Waals surface area contributed by atoms with Crippen LogP contribution in [0.25, 0.3) is 0 Å². The van der Waals surface area contributed by atoms with Gasteiger partial charge in [-0.1, -0.05) is 12.8 Å². The molecule has 0 aliphatic rings. The van der Waals surface area contributed by atoms with Crippen LogP contribution in [0.2, 0.25) is 0 Å². The fourth-order valence-corrected chi connectivity index (χ4v) is 2.51. The highest BCUT2D eigenvalue weighted by molar-refractivity contribution is 5.65. The summed E-state index contributed by atoms with van der Waals surface area (Å²) in [6, 6.07) is 0. The number of hydrogen-bond donors (Lipinski definition) is 2. The Morgan fingerprint density at radius 2 is 1.39 bits per heavy atom. The molecule has 0 aromatic heterocycles. The number of hydrogen-bond acceptors (Lipinski definition) is 4. The van der Waals surface area contributed by atoms with Gasteiger partial charge in [0.15, 0.2) is 11.5 Å². The average Bonchev–Trinajstić information content (AvgIpc) is 2.47. The fraction of sp³-hybridized carbons (Fsp3) is 0.625. The minimum Gasteiger partial charge on any atom is -0.504 e. The van der Waals surface area contributed by atoms with E-state index in [2.05, 4.69) is 0 Å². The minimum atomic E-state index is -4.11. The first-order chi connectivity index (χ1) is 10.7. The number of phenols is 2. The SMILES string of the molecule is COc1c(O)c(C)c(CCCCCCC(F)(F)F)c(O)c1OC. The molecule has 1 rings (SSSR count). The van der Waals surface area contributed by atoms with Crippen molar-refractivity contribution in [2.24, 2.45) is 0 Å². The molecule has 0 spiro atoms. The molecule has 1 aromatic rings. The lowest BCUT2D eigenvalue weighted by Crippen LogP contribution is -2.06. The largest absolute Gasteiger partial charge is 0.504 e. The molecule has 0 saturated heterocycles. The van der Waals surface area contributed by atoms with Crippen LogP contribution < -0.4 is 9.47 Å². The lowest BCUT2D eigenvalue weighted by molar-refractivity contribution is -0.135. The van der Waals surface area contributed by atoms with Crippen molar-refractivity contribution in [3.05, 3.63) is 11.1 Å². The average molecular weight is 336 g/mol. The molecule has 0 amide bonds. The summed E-state index contributed by atoms with van der Waals surface area (Å²) in [6.07, 6.45) is -2.63. The zero-order valence-electron chi connectivity index (χ0n) is 13.6. The number of benzene rings is 1. The Kier molecular flexibility index (Phi) is 6.84. The second kappa shape index (κ2) is 8.17. The van der Waals surface area contributed by atoms with Crippen LogP contribution in [0.5, 0.6) is 23.0 Å². The van der Waals surface area contributed by atoms with E-state index in [0.717, 1.165) is 0 Å². The van der Waals surface area contributed by atoms with Crippen LogP contribution in [-0.2, 0) is 6.42 Å². The summed E-state index contributed by atoms with van der Waals surface area (Å²) >= 11 is 0. The molecule has 0 atom stereocenters. The Morgan fingerprint density at radius 3 is 1.91 bits per heavy atom. The van der Waals surface area contributed by atoms with Crippen molar-refractivity contribution in [3.63, 3.8) is 0 Å². The minimum absolute atomic E-state index is 0.0580. The summed E-state index contributed by atoms with van der Waals surface area (Å²) in [7, 11) is 2.71. The molecule has 4 nitrogen and oxygen atoms in total. The van der Waals surface area contributed by atoms with Gasteiger partial charge in [0.1, 0.15) is 0 Å². The van der Waals surface area contributed by atoms with Crippen molar-refractivity contribution in [2.75, 3.05) is 14.2 Å². The van der Waals surface area contributed by atoms with Crippen molar-refractivity contribution in [1.29, 1.82) is 0 Å². The van der Waals surface area contributed by atoms with Crippen LogP contribution in [0, 0.1) is 6.92 Å². The number of phenolic OH excluding ortho intramolecular Hbond substituents is 2. The van der Waals surface area contributed by atoms with Gasteiger partial charge in [-0.3, -0.25) is 0 Å². The van der Waals surface area contributed by atoms with E-state index >= 15 is 0 Å². The molecule has 2 N–H and O–H groups in total. The monoisotopic (exact) mass is 336 g/mol. The van der Waals surface area contributed by atoms with Crippen molar-refractivity contribution >= 4 is 0 Å². The van der Waals surface area contributed by atoms with Crippen LogP contribution in [0.1, 0.15) is 43.2 Å². The van der Waals surface area contributed by atoms with E-state index < -0.39 is 12.6 Å². The fourth-order valence-electron chi connectivity index (χ4n) is 2.51. The topological polar surface area (TPSA) is 58.9 Å². The molecule has 0 aliphatic heterocycles. The Hall–Kier alpha value is -1.79. The number of methoxy groups -OCH3 is 2. The van der Waals surface area contributed by atoms with Crippen molar-refractivity contribution < 1.29 is 32.9 Å². The van der Waals surface area contributed by atoms with Crippen LogP contribution in [0.3, 0.4) is 0 Å². The highest BCUT2D eigenvalue weighted by Gasteiger charge is 2.26. The molecule has 7 heteroatoms. The Bertz CT molecular complexity index is 527. The van der Waals surface area contributed by atoms with Gasteiger partial charge in [0.2, 0.25) is 11.5 Å². The van der Waals surface area contributed by atoms with Gasteiger partial charge in [0, 0.05) is 17.5 Å². The number of halogens is 3. The summed E-state index contributed by atoms with van der Waals surface area (Å²) in [5, 5.41) is 20.4. The second-order valence-corrected chi connectivity index (χ2v) is 5.40. The first-order valence-corrected chi connectivity index (χ1v) is 7.45. The predicted molar refractivity (Wildman–Crippen MR) is 80.5 cm³/mol. The Balaban J connectivity index is 2.69. The van der Waals surface area contributed by atoms with Crippen LogP contribution in [-0.4, -0.2) is 30.6 Å². The molecule has 0 fully saturated rings. The van der Waals surface area contributed by atoms with Gasteiger partial charge >= 0.3 is 6.18 Å². The van der Waals surface area contributed by atoms with Gasteiger partial charge in [-0.15, -0.1) is 0 Å². The first kappa shape index (κ1) is 19.3. The third-order valence-electron chi connectivity index (χ3n) is 3.78. The van der Waals surface area contributed by atoms with Gasteiger partial charge in [-0.2, -0.15) is 13.2 Å². The van der Waals surface area contributed by atoms with Gasteiger partial charge in [0.05, 0.1) is 14.2 Å². The van der Waals surface area contributed by atoms with Gasteiger partial charge in [0.25, 0.3) is 0 Å². The maximum Gasteiger partial charge on any atom is 0.389 e. The van der Waals surface area contributed by atoms with Crippen LogP contribution >= 0.6 is 0 Å². The van der Waals surface area contributed by atoms with E-state index in [1.807, 2.05) is 0 Å². The number of ether oxygens (including phenoxy) is 2. The van der Waals surface area contributed by atoms with Gasteiger partial charge in [-0.25, -0.2) is 0 Å². The normalized spacial score (nSPS) is 11.6. The third-order valence-corrected chi connectivity index (χ3v) is 3.78. The number of unbranched alkanes of at least 4 members (excludes halogenated alkanes) is 3. The van der Waals surface area contributed by atoms with E-state index in [1.165, 1.54) is 14.2 Å². The number of aromatic hydroxyl groups is 2. The Morgan fingerprint density at radius 1 is 0.870 bits per heavy atom. The summed E-state index contributed by atoms with van der Waals surface area (Å²) in [5.74, 6) is -0.0803. The first-order valence-electron chi connectivity index (χ1n) is 7.45. The maximum atomic E-state index is 12.0. The standard InChI is InChI=1S/C16H23F3O4/c1-10-11(8-6-4-5-7-9-16(17,18)19)13(21)15(23-3)14(22-2)12(10)20/h20-21H,4-9H2,1-3H3. The van der Waals surface area contributed by atoms with Gasteiger partial charge < -0.3 is 19.7 Å². The molecule has 0 aliphatic carbocycles. The van der Waals surface area contributed by atoms with E-state index in [0.29, 0.717) is 36.8 Å². The molecule has 132 valence electrons. The molecule has 1 aromatic carbocycles. The summed E-state index contributed by atoms with van der Waals surface area (Å²) < 4.78 is 46.2.